The molecule has 4 heteroatoms. The molecular weight excluding hydrogens is 238 g/mol. The number of anilines is 1. The first-order valence-corrected chi connectivity index (χ1v) is 6.70. The Labute approximate surface area is 116 Å². The van der Waals surface area contributed by atoms with Gasteiger partial charge in [-0.05, 0) is 32.0 Å². The van der Waals surface area contributed by atoms with Crippen molar-refractivity contribution in [3.05, 3.63) is 29.3 Å². The number of piperazine rings is 1. The zero-order valence-corrected chi connectivity index (χ0v) is 12.4. The first kappa shape index (κ1) is 15.7. The van der Waals surface area contributed by atoms with Crippen LogP contribution in [0.1, 0.15) is 11.1 Å². The summed E-state index contributed by atoms with van der Waals surface area (Å²) in [5, 5.41) is 3.27. The Morgan fingerprint density at radius 2 is 1.74 bits per heavy atom. The molecule has 0 radical (unpaired) electrons. The summed E-state index contributed by atoms with van der Waals surface area (Å²) < 4.78 is 0. The third-order valence-corrected chi connectivity index (χ3v) is 3.29. The summed E-state index contributed by atoms with van der Waals surface area (Å²) in [7, 11) is 3.92. The van der Waals surface area contributed by atoms with Gasteiger partial charge in [-0.1, -0.05) is 18.2 Å². The van der Waals surface area contributed by atoms with Crippen molar-refractivity contribution in [2.75, 3.05) is 45.2 Å². The van der Waals surface area contributed by atoms with E-state index in [1.807, 2.05) is 32.0 Å². The number of likely N-dealkylation sites (N-methyl/N-ethyl adjacent to an activating group) is 1. The van der Waals surface area contributed by atoms with E-state index in [1.165, 1.54) is 13.1 Å². The zero-order valence-electron chi connectivity index (χ0n) is 12.4. The number of aryl methyl sites for hydroxylation is 2. The Kier molecular flexibility index (Phi) is 6.53. The molecule has 1 aromatic rings. The van der Waals surface area contributed by atoms with Gasteiger partial charge < -0.3 is 15.1 Å². The minimum absolute atomic E-state index is 0.829. The summed E-state index contributed by atoms with van der Waals surface area (Å²) in [6.07, 6.45) is 0.829. The lowest BCUT2D eigenvalue weighted by Gasteiger charge is -2.21. The van der Waals surface area contributed by atoms with Crippen LogP contribution >= 0.6 is 0 Å². The highest BCUT2D eigenvalue weighted by Gasteiger charge is 2.05. The fourth-order valence-electron chi connectivity index (χ4n) is 2.19. The predicted molar refractivity (Wildman–Crippen MR) is 80.7 cm³/mol. The molecule has 1 N–H and O–H groups in total. The van der Waals surface area contributed by atoms with Crippen LogP contribution in [0.3, 0.4) is 0 Å². The van der Waals surface area contributed by atoms with E-state index < -0.39 is 0 Å². The van der Waals surface area contributed by atoms with Gasteiger partial charge in [-0.15, -0.1) is 0 Å². The van der Waals surface area contributed by atoms with Gasteiger partial charge >= 0.3 is 0 Å². The molecule has 1 heterocycles. The van der Waals surface area contributed by atoms with E-state index in [-0.39, 0.29) is 0 Å². The summed E-state index contributed by atoms with van der Waals surface area (Å²) in [5.41, 5.74) is 3.27. The van der Waals surface area contributed by atoms with E-state index in [0.717, 1.165) is 36.3 Å². The number of hydrogen-bond acceptors (Lipinski definition) is 3. The molecule has 19 heavy (non-hydrogen) atoms. The lowest BCUT2D eigenvalue weighted by molar-refractivity contribution is -0.107. The molecule has 0 aliphatic carbocycles. The molecule has 1 aromatic carbocycles. The van der Waals surface area contributed by atoms with Crippen molar-refractivity contribution in [3.63, 3.8) is 0 Å². The van der Waals surface area contributed by atoms with Crippen molar-refractivity contribution in [2.45, 2.75) is 13.8 Å². The zero-order chi connectivity index (χ0) is 14.3. The van der Waals surface area contributed by atoms with Crippen molar-refractivity contribution in [1.82, 2.24) is 10.2 Å². The molecule has 4 nitrogen and oxygen atoms in total. The van der Waals surface area contributed by atoms with Crippen LogP contribution in [0.4, 0.5) is 5.69 Å². The Hall–Kier alpha value is -1.39. The van der Waals surface area contributed by atoms with Crippen LogP contribution in [0.15, 0.2) is 18.2 Å². The lowest BCUT2D eigenvalue weighted by Crippen LogP contribution is -2.40. The van der Waals surface area contributed by atoms with Gasteiger partial charge in [0.25, 0.3) is 0 Å². The van der Waals surface area contributed by atoms with Crippen LogP contribution in [0.5, 0.6) is 0 Å². The molecule has 1 fully saturated rings. The largest absolute Gasteiger partial charge is 0.318 e. The number of hydrogen-bond donors (Lipinski definition) is 1. The molecule has 1 aliphatic heterocycles. The van der Waals surface area contributed by atoms with Crippen LogP contribution in [-0.4, -0.2) is 51.6 Å². The maximum absolute atomic E-state index is 10.5. The number of carbonyl (C=O) groups is 1. The molecule has 0 bridgehead atoms. The SMILES string of the molecule is CN1CCNCC1.Cc1cccc(C)c1N(C)C=O. The Bertz CT molecular complexity index is 380. The van der Waals surface area contributed by atoms with Crippen molar-refractivity contribution in [1.29, 1.82) is 0 Å². The average molecular weight is 263 g/mol. The third-order valence-electron chi connectivity index (χ3n) is 3.29. The number of benzene rings is 1. The standard InChI is InChI=1S/C10H13NO.C5H12N2/c1-8-5-4-6-9(2)10(8)11(3)7-12;1-7-4-2-6-3-5-7/h4-7H,1-3H3;6H,2-5H2,1H3. The van der Waals surface area contributed by atoms with E-state index in [0.29, 0.717) is 0 Å². The minimum atomic E-state index is 0.829. The van der Waals surface area contributed by atoms with Gasteiger partial charge in [0.15, 0.2) is 0 Å². The van der Waals surface area contributed by atoms with E-state index in [1.54, 1.807) is 11.9 Å². The maximum Gasteiger partial charge on any atom is 0.213 e. The number of carbonyl (C=O) groups excluding carboxylic acids is 1. The number of para-hydroxylation sites is 1. The maximum atomic E-state index is 10.5. The first-order chi connectivity index (χ1) is 9.06. The van der Waals surface area contributed by atoms with Crippen molar-refractivity contribution >= 4 is 12.1 Å². The van der Waals surface area contributed by atoms with E-state index in [2.05, 4.69) is 17.3 Å². The fraction of sp³-hybridized carbons (Fsp3) is 0.533. The van der Waals surface area contributed by atoms with Gasteiger partial charge in [-0.2, -0.15) is 0 Å². The highest BCUT2D eigenvalue weighted by Crippen LogP contribution is 2.21. The predicted octanol–water partition coefficient (Wildman–Crippen LogP) is 1.42. The van der Waals surface area contributed by atoms with Crippen LogP contribution in [0.25, 0.3) is 0 Å². The monoisotopic (exact) mass is 263 g/mol. The van der Waals surface area contributed by atoms with Gasteiger partial charge in [-0.3, -0.25) is 4.79 Å². The minimum Gasteiger partial charge on any atom is -0.318 e. The second-order valence-electron chi connectivity index (χ2n) is 5.01. The highest BCUT2D eigenvalue weighted by atomic mass is 16.1. The van der Waals surface area contributed by atoms with E-state index in [9.17, 15) is 4.79 Å². The molecule has 0 saturated carbocycles. The lowest BCUT2D eigenvalue weighted by atomic mass is 10.1. The van der Waals surface area contributed by atoms with E-state index >= 15 is 0 Å². The molecule has 0 atom stereocenters. The van der Waals surface area contributed by atoms with Gasteiger partial charge in [0.05, 0.1) is 0 Å². The molecule has 1 aliphatic rings. The third kappa shape index (κ3) is 5.01. The van der Waals surface area contributed by atoms with Crippen LogP contribution in [0.2, 0.25) is 0 Å². The summed E-state index contributed by atoms with van der Waals surface area (Å²) in [6, 6.07) is 6.00. The van der Waals surface area contributed by atoms with Gasteiger partial charge in [0.1, 0.15) is 0 Å². The number of amides is 1. The topological polar surface area (TPSA) is 35.6 Å². The molecule has 2 rings (SSSR count). The molecule has 0 aromatic heterocycles. The van der Waals surface area contributed by atoms with Crippen LogP contribution < -0.4 is 10.2 Å². The van der Waals surface area contributed by atoms with Gasteiger partial charge in [0, 0.05) is 38.9 Å². The second kappa shape index (κ2) is 7.92. The molecule has 106 valence electrons. The number of rotatable bonds is 2. The summed E-state index contributed by atoms with van der Waals surface area (Å²) in [6.45, 7) is 8.75. The molecule has 1 amide bonds. The van der Waals surface area contributed by atoms with Crippen LogP contribution in [0, 0.1) is 13.8 Å². The summed E-state index contributed by atoms with van der Waals surface area (Å²) >= 11 is 0. The van der Waals surface area contributed by atoms with Gasteiger partial charge in [-0.25, -0.2) is 0 Å². The summed E-state index contributed by atoms with van der Waals surface area (Å²) in [5.74, 6) is 0. The second-order valence-corrected chi connectivity index (χ2v) is 5.01. The van der Waals surface area contributed by atoms with Crippen molar-refractivity contribution in [2.24, 2.45) is 0 Å². The number of nitrogens with one attached hydrogen (secondary N) is 1. The van der Waals surface area contributed by atoms with Crippen molar-refractivity contribution in [3.8, 4) is 0 Å². The smallest absolute Gasteiger partial charge is 0.213 e. The molecule has 0 spiro atoms. The summed E-state index contributed by atoms with van der Waals surface area (Å²) in [4.78, 5) is 14.5. The molecule has 0 unspecified atom stereocenters. The molecular formula is C15H25N3O. The Balaban J connectivity index is 0.000000218. The van der Waals surface area contributed by atoms with Gasteiger partial charge in [0.2, 0.25) is 6.41 Å². The Morgan fingerprint density at radius 3 is 2.11 bits per heavy atom. The Morgan fingerprint density at radius 1 is 1.21 bits per heavy atom. The normalized spacial score (nSPS) is 15.4. The average Bonchev–Trinajstić information content (AvgIpc) is 2.40. The quantitative estimate of drug-likeness (QED) is 0.820. The van der Waals surface area contributed by atoms with Crippen molar-refractivity contribution < 1.29 is 4.79 Å². The fourth-order valence-corrected chi connectivity index (χ4v) is 2.19. The molecule has 1 saturated heterocycles. The first-order valence-electron chi connectivity index (χ1n) is 6.70. The van der Waals surface area contributed by atoms with E-state index in [4.69, 9.17) is 0 Å². The highest BCUT2D eigenvalue weighted by molar-refractivity contribution is 5.78. The number of nitrogens with zero attached hydrogens (tertiary/aromatic N) is 2. The van der Waals surface area contributed by atoms with Crippen LogP contribution in [-0.2, 0) is 4.79 Å².